The Morgan fingerprint density at radius 1 is 0.968 bits per heavy atom. The normalized spacial score (nSPS) is 20.4. The molecule has 0 spiro atoms. The van der Waals surface area contributed by atoms with Gasteiger partial charge in [0.05, 0.1) is 5.92 Å². The Morgan fingerprint density at radius 2 is 1.74 bits per heavy atom. The summed E-state index contributed by atoms with van der Waals surface area (Å²) in [5.41, 5.74) is 1.91. The molecule has 2 amide bonds. The molecule has 2 aliphatic rings. The first kappa shape index (κ1) is 21.8. The Morgan fingerprint density at radius 3 is 2.48 bits per heavy atom. The third-order valence-electron chi connectivity index (χ3n) is 6.33. The predicted octanol–water partition coefficient (Wildman–Crippen LogP) is 3.97. The molecule has 6 heteroatoms. The van der Waals surface area contributed by atoms with Crippen molar-refractivity contribution >= 4 is 23.4 Å². The van der Waals surface area contributed by atoms with Gasteiger partial charge in [-0.1, -0.05) is 48.0 Å². The first-order chi connectivity index (χ1) is 15.1. The molecule has 2 aliphatic heterocycles. The van der Waals surface area contributed by atoms with Gasteiger partial charge in [-0.05, 0) is 49.4 Å². The molecule has 0 bridgehead atoms. The summed E-state index contributed by atoms with van der Waals surface area (Å²) in [4.78, 5) is 30.0. The number of carbonyl (C=O) groups excluding carboxylic acids is 2. The fourth-order valence-electron chi connectivity index (χ4n) is 4.58. The summed E-state index contributed by atoms with van der Waals surface area (Å²) in [6.07, 6.45) is 3.62. The van der Waals surface area contributed by atoms with Crippen molar-refractivity contribution in [1.82, 2.24) is 15.1 Å². The Balaban J connectivity index is 1.25. The Labute approximate surface area is 189 Å². The van der Waals surface area contributed by atoms with Crippen LogP contribution in [0.15, 0.2) is 54.6 Å². The summed E-state index contributed by atoms with van der Waals surface area (Å²) >= 11 is 6.03. The summed E-state index contributed by atoms with van der Waals surface area (Å²) in [7, 11) is 0. The molecule has 2 heterocycles. The highest BCUT2D eigenvalue weighted by Crippen LogP contribution is 2.21. The highest BCUT2D eigenvalue weighted by Gasteiger charge is 2.30. The van der Waals surface area contributed by atoms with E-state index in [-0.39, 0.29) is 23.8 Å². The van der Waals surface area contributed by atoms with E-state index in [0.29, 0.717) is 23.7 Å². The van der Waals surface area contributed by atoms with E-state index in [9.17, 15) is 9.59 Å². The Kier molecular flexibility index (Phi) is 7.25. The number of amides is 2. The van der Waals surface area contributed by atoms with Crippen LogP contribution in [0.2, 0.25) is 5.02 Å². The Bertz CT molecular complexity index is 897. The molecule has 0 aliphatic carbocycles. The minimum atomic E-state index is -0.140. The van der Waals surface area contributed by atoms with E-state index in [1.54, 1.807) is 29.2 Å². The van der Waals surface area contributed by atoms with Crippen LogP contribution in [0.1, 0.15) is 41.6 Å². The maximum Gasteiger partial charge on any atom is 0.253 e. The summed E-state index contributed by atoms with van der Waals surface area (Å²) < 4.78 is 0. The van der Waals surface area contributed by atoms with Gasteiger partial charge in [0.1, 0.15) is 0 Å². The van der Waals surface area contributed by atoms with E-state index >= 15 is 0 Å². The van der Waals surface area contributed by atoms with Gasteiger partial charge in [-0.3, -0.25) is 14.5 Å². The summed E-state index contributed by atoms with van der Waals surface area (Å²) in [5, 5.41) is 3.81. The van der Waals surface area contributed by atoms with Gasteiger partial charge in [-0.15, -0.1) is 0 Å². The summed E-state index contributed by atoms with van der Waals surface area (Å²) in [6, 6.07) is 17.8. The minimum absolute atomic E-state index is 0.0470. The smallest absolute Gasteiger partial charge is 0.253 e. The number of hydrogen-bond donors (Lipinski definition) is 1. The molecule has 31 heavy (non-hydrogen) atoms. The van der Waals surface area contributed by atoms with Crippen molar-refractivity contribution < 1.29 is 9.59 Å². The zero-order chi connectivity index (χ0) is 21.6. The molecule has 0 saturated carbocycles. The van der Waals surface area contributed by atoms with Crippen LogP contribution in [-0.2, 0) is 11.3 Å². The van der Waals surface area contributed by atoms with Gasteiger partial charge < -0.3 is 10.2 Å². The molecule has 2 aromatic carbocycles. The lowest BCUT2D eigenvalue weighted by Gasteiger charge is -2.35. The molecular weight excluding hydrogens is 410 g/mol. The van der Waals surface area contributed by atoms with Crippen LogP contribution in [0, 0.1) is 5.92 Å². The van der Waals surface area contributed by atoms with E-state index in [2.05, 4.69) is 34.5 Å². The number of likely N-dealkylation sites (tertiary alicyclic amines) is 2. The first-order valence-electron chi connectivity index (χ1n) is 11.2. The lowest BCUT2D eigenvalue weighted by Crippen LogP contribution is -2.50. The maximum atomic E-state index is 12.9. The van der Waals surface area contributed by atoms with Crippen LogP contribution in [-0.4, -0.2) is 53.8 Å². The predicted molar refractivity (Wildman–Crippen MR) is 123 cm³/mol. The second kappa shape index (κ2) is 10.3. The van der Waals surface area contributed by atoms with Gasteiger partial charge >= 0.3 is 0 Å². The number of carbonyl (C=O) groups is 2. The molecular formula is C25H30ClN3O2. The average Bonchev–Trinajstić information content (AvgIpc) is 2.80. The van der Waals surface area contributed by atoms with Crippen LogP contribution in [0.25, 0.3) is 0 Å². The summed E-state index contributed by atoms with van der Waals surface area (Å²) in [6.45, 7) is 4.11. The molecule has 0 radical (unpaired) electrons. The van der Waals surface area contributed by atoms with E-state index in [1.165, 1.54) is 5.56 Å². The van der Waals surface area contributed by atoms with Gasteiger partial charge in [0.2, 0.25) is 5.91 Å². The van der Waals surface area contributed by atoms with Crippen molar-refractivity contribution in [2.45, 2.75) is 38.3 Å². The standard InChI is InChI=1S/C25H30ClN3O2/c26-22-10-4-8-20(16-22)25(31)29-13-5-9-21(18-29)24(30)27-23-11-14-28(15-12-23)17-19-6-2-1-3-7-19/h1-4,6-8,10,16,21,23H,5,9,11-15,17-18H2,(H,27,30). The van der Waals surface area contributed by atoms with Crippen molar-refractivity contribution in [3.05, 3.63) is 70.7 Å². The topological polar surface area (TPSA) is 52.7 Å². The number of benzene rings is 2. The number of halogens is 1. The zero-order valence-corrected chi connectivity index (χ0v) is 18.6. The van der Waals surface area contributed by atoms with Gasteiger partial charge in [-0.2, -0.15) is 0 Å². The molecule has 2 saturated heterocycles. The quantitative estimate of drug-likeness (QED) is 0.766. The zero-order valence-electron chi connectivity index (χ0n) is 17.8. The van der Waals surface area contributed by atoms with E-state index < -0.39 is 0 Å². The molecule has 1 atom stereocenters. The number of rotatable bonds is 5. The summed E-state index contributed by atoms with van der Waals surface area (Å²) in [5.74, 6) is -0.0986. The molecule has 164 valence electrons. The van der Waals surface area contributed by atoms with Crippen molar-refractivity contribution in [2.24, 2.45) is 5.92 Å². The van der Waals surface area contributed by atoms with E-state index in [4.69, 9.17) is 11.6 Å². The van der Waals surface area contributed by atoms with E-state index in [1.807, 2.05) is 6.07 Å². The van der Waals surface area contributed by atoms with Crippen molar-refractivity contribution in [3.63, 3.8) is 0 Å². The highest BCUT2D eigenvalue weighted by molar-refractivity contribution is 6.30. The fraction of sp³-hybridized carbons (Fsp3) is 0.440. The van der Waals surface area contributed by atoms with Gasteiger partial charge in [0, 0.05) is 49.4 Å². The number of nitrogens with zero attached hydrogens (tertiary/aromatic N) is 2. The maximum absolute atomic E-state index is 12.9. The lowest BCUT2D eigenvalue weighted by atomic mass is 9.95. The minimum Gasteiger partial charge on any atom is -0.353 e. The van der Waals surface area contributed by atoms with Crippen LogP contribution >= 0.6 is 11.6 Å². The van der Waals surface area contributed by atoms with Gasteiger partial charge in [0.15, 0.2) is 0 Å². The molecule has 1 N–H and O–H groups in total. The van der Waals surface area contributed by atoms with Crippen molar-refractivity contribution in [1.29, 1.82) is 0 Å². The van der Waals surface area contributed by atoms with Gasteiger partial charge in [0.25, 0.3) is 5.91 Å². The third-order valence-corrected chi connectivity index (χ3v) is 6.57. The van der Waals surface area contributed by atoms with Crippen LogP contribution < -0.4 is 5.32 Å². The second-order valence-electron chi connectivity index (χ2n) is 8.65. The molecule has 1 unspecified atom stereocenters. The number of hydrogen-bond acceptors (Lipinski definition) is 3. The van der Waals surface area contributed by atoms with Crippen molar-refractivity contribution in [3.8, 4) is 0 Å². The SMILES string of the molecule is O=C(NC1CCN(Cc2ccccc2)CC1)C1CCCN(C(=O)c2cccc(Cl)c2)C1. The molecule has 2 fully saturated rings. The fourth-order valence-corrected chi connectivity index (χ4v) is 4.77. The Hall–Kier alpha value is -2.37. The molecule has 4 rings (SSSR count). The average molecular weight is 440 g/mol. The molecule has 2 aromatic rings. The lowest BCUT2D eigenvalue weighted by molar-refractivity contribution is -0.127. The van der Waals surface area contributed by atoms with Crippen LogP contribution in [0.3, 0.4) is 0 Å². The van der Waals surface area contributed by atoms with E-state index in [0.717, 1.165) is 45.3 Å². The first-order valence-corrected chi connectivity index (χ1v) is 11.6. The highest BCUT2D eigenvalue weighted by atomic mass is 35.5. The number of piperidine rings is 2. The van der Waals surface area contributed by atoms with Crippen LogP contribution in [0.4, 0.5) is 0 Å². The third kappa shape index (κ3) is 5.86. The molecule has 0 aromatic heterocycles. The van der Waals surface area contributed by atoms with Gasteiger partial charge in [-0.25, -0.2) is 0 Å². The number of nitrogens with one attached hydrogen (secondary N) is 1. The monoisotopic (exact) mass is 439 g/mol. The second-order valence-corrected chi connectivity index (χ2v) is 9.08. The van der Waals surface area contributed by atoms with Crippen molar-refractivity contribution in [2.75, 3.05) is 26.2 Å². The molecule has 5 nitrogen and oxygen atoms in total. The largest absolute Gasteiger partial charge is 0.353 e. The van der Waals surface area contributed by atoms with Crippen LogP contribution in [0.5, 0.6) is 0 Å².